The summed E-state index contributed by atoms with van der Waals surface area (Å²) in [5.41, 5.74) is 1.53. The third-order valence-electron chi connectivity index (χ3n) is 4.12. The number of hydrogen-bond acceptors (Lipinski definition) is 6. The SMILES string of the molecule is Cc1ccc(C(=O)Nc2nnc(S(=O)(=O)N3CCC[C@@H](C)C3)s2)cc1. The lowest BCUT2D eigenvalue weighted by Crippen LogP contribution is -2.39. The van der Waals surface area contributed by atoms with E-state index in [1.54, 1.807) is 12.1 Å². The molecule has 1 aromatic carbocycles. The van der Waals surface area contributed by atoms with Crippen LogP contribution in [0.25, 0.3) is 0 Å². The predicted octanol–water partition coefficient (Wildman–Crippen LogP) is 2.52. The number of amides is 1. The van der Waals surface area contributed by atoms with E-state index in [1.165, 1.54) is 4.31 Å². The van der Waals surface area contributed by atoms with E-state index in [-0.39, 0.29) is 15.4 Å². The normalized spacial score (nSPS) is 18.9. The molecular formula is C16H20N4O3S2. The molecule has 1 aliphatic heterocycles. The van der Waals surface area contributed by atoms with Crippen LogP contribution in [0.5, 0.6) is 0 Å². The average molecular weight is 380 g/mol. The van der Waals surface area contributed by atoms with Gasteiger partial charge in [-0.3, -0.25) is 10.1 Å². The molecule has 7 nitrogen and oxygen atoms in total. The van der Waals surface area contributed by atoms with Crippen LogP contribution >= 0.6 is 11.3 Å². The molecule has 3 rings (SSSR count). The Morgan fingerprint density at radius 2 is 2.00 bits per heavy atom. The number of benzene rings is 1. The Kier molecular flexibility index (Phi) is 5.16. The van der Waals surface area contributed by atoms with Gasteiger partial charge in [-0.15, -0.1) is 10.2 Å². The predicted molar refractivity (Wildman–Crippen MR) is 96.2 cm³/mol. The summed E-state index contributed by atoms with van der Waals surface area (Å²) in [6, 6.07) is 7.09. The molecule has 2 heterocycles. The highest BCUT2D eigenvalue weighted by molar-refractivity contribution is 7.91. The summed E-state index contributed by atoms with van der Waals surface area (Å²) in [7, 11) is -3.65. The van der Waals surface area contributed by atoms with E-state index in [0.717, 1.165) is 29.7 Å². The second-order valence-electron chi connectivity index (χ2n) is 6.30. The van der Waals surface area contributed by atoms with Gasteiger partial charge in [0, 0.05) is 18.7 Å². The van der Waals surface area contributed by atoms with Crippen molar-refractivity contribution in [2.75, 3.05) is 18.4 Å². The number of aromatic nitrogens is 2. The van der Waals surface area contributed by atoms with Gasteiger partial charge in [-0.05, 0) is 37.8 Å². The molecule has 1 aliphatic rings. The zero-order chi connectivity index (χ0) is 18.0. The van der Waals surface area contributed by atoms with Gasteiger partial charge in [0.1, 0.15) is 0 Å². The summed E-state index contributed by atoms with van der Waals surface area (Å²) in [6.45, 7) is 4.96. The summed E-state index contributed by atoms with van der Waals surface area (Å²) in [6.07, 6.45) is 1.87. The molecule has 0 spiro atoms. The van der Waals surface area contributed by atoms with Crippen molar-refractivity contribution < 1.29 is 13.2 Å². The van der Waals surface area contributed by atoms with Crippen molar-refractivity contribution in [3.8, 4) is 0 Å². The number of hydrogen-bond donors (Lipinski definition) is 1. The van der Waals surface area contributed by atoms with Crippen LogP contribution < -0.4 is 5.32 Å². The number of aryl methyl sites for hydroxylation is 1. The maximum Gasteiger partial charge on any atom is 0.272 e. The van der Waals surface area contributed by atoms with E-state index in [2.05, 4.69) is 15.5 Å². The van der Waals surface area contributed by atoms with Crippen LogP contribution in [0.15, 0.2) is 28.6 Å². The van der Waals surface area contributed by atoms with E-state index >= 15 is 0 Å². The molecule has 1 amide bonds. The second kappa shape index (κ2) is 7.19. The van der Waals surface area contributed by atoms with Crippen molar-refractivity contribution in [3.05, 3.63) is 35.4 Å². The van der Waals surface area contributed by atoms with Crippen LogP contribution in [-0.2, 0) is 10.0 Å². The van der Waals surface area contributed by atoms with Gasteiger partial charge < -0.3 is 0 Å². The maximum atomic E-state index is 12.7. The van der Waals surface area contributed by atoms with Crippen molar-refractivity contribution in [2.45, 2.75) is 31.0 Å². The highest BCUT2D eigenvalue weighted by atomic mass is 32.2. The van der Waals surface area contributed by atoms with Gasteiger partial charge in [-0.25, -0.2) is 8.42 Å². The van der Waals surface area contributed by atoms with Crippen LogP contribution in [0, 0.1) is 12.8 Å². The fraction of sp³-hybridized carbons (Fsp3) is 0.438. The smallest absolute Gasteiger partial charge is 0.272 e. The summed E-state index contributed by atoms with van der Waals surface area (Å²) in [4.78, 5) is 12.2. The average Bonchev–Trinajstić information content (AvgIpc) is 3.04. The molecule has 0 bridgehead atoms. The van der Waals surface area contributed by atoms with Crippen molar-refractivity contribution >= 4 is 32.4 Å². The number of sulfonamides is 1. The number of nitrogens with zero attached hydrogens (tertiary/aromatic N) is 3. The topological polar surface area (TPSA) is 92.3 Å². The molecular weight excluding hydrogens is 360 g/mol. The highest BCUT2D eigenvalue weighted by Crippen LogP contribution is 2.27. The van der Waals surface area contributed by atoms with Crippen molar-refractivity contribution in [3.63, 3.8) is 0 Å². The van der Waals surface area contributed by atoms with E-state index in [1.807, 2.05) is 26.0 Å². The second-order valence-corrected chi connectivity index (χ2v) is 9.39. The van der Waals surface area contributed by atoms with Crippen LogP contribution in [0.2, 0.25) is 0 Å². The van der Waals surface area contributed by atoms with Crippen molar-refractivity contribution in [2.24, 2.45) is 5.92 Å². The molecule has 9 heteroatoms. The first-order chi connectivity index (χ1) is 11.9. The van der Waals surface area contributed by atoms with Crippen LogP contribution in [0.4, 0.5) is 5.13 Å². The molecule has 1 atom stereocenters. The Bertz CT molecular complexity index is 862. The van der Waals surface area contributed by atoms with Crippen molar-refractivity contribution in [1.29, 1.82) is 0 Å². The molecule has 0 radical (unpaired) electrons. The Morgan fingerprint density at radius 1 is 1.28 bits per heavy atom. The minimum absolute atomic E-state index is 0.0826. The number of carbonyl (C=O) groups is 1. The molecule has 1 N–H and O–H groups in total. The van der Waals surface area contributed by atoms with Gasteiger partial charge in [0.05, 0.1) is 0 Å². The maximum absolute atomic E-state index is 12.7. The molecule has 1 aromatic heterocycles. The first-order valence-corrected chi connectivity index (χ1v) is 10.3. The van der Waals surface area contributed by atoms with E-state index in [4.69, 9.17) is 0 Å². The number of anilines is 1. The summed E-state index contributed by atoms with van der Waals surface area (Å²) >= 11 is 0.877. The number of nitrogens with one attached hydrogen (secondary N) is 1. The summed E-state index contributed by atoms with van der Waals surface area (Å²) < 4.78 is 26.7. The fourth-order valence-corrected chi connectivity index (χ4v) is 5.35. The van der Waals surface area contributed by atoms with Crippen LogP contribution in [0.3, 0.4) is 0 Å². The Morgan fingerprint density at radius 3 is 2.68 bits per heavy atom. The number of rotatable bonds is 4. The Balaban J connectivity index is 1.73. The first kappa shape index (κ1) is 18.0. The number of carbonyl (C=O) groups excluding carboxylic acids is 1. The fourth-order valence-electron chi connectivity index (χ4n) is 2.71. The standard InChI is InChI=1S/C16H20N4O3S2/c1-11-5-7-13(8-6-11)14(21)17-15-18-19-16(24-15)25(22,23)20-9-3-4-12(2)10-20/h5-8,12H,3-4,9-10H2,1-2H3,(H,17,18,21)/t12-/m1/s1. The van der Waals surface area contributed by atoms with Gasteiger partial charge in [0.15, 0.2) is 0 Å². The van der Waals surface area contributed by atoms with E-state index < -0.39 is 10.0 Å². The lowest BCUT2D eigenvalue weighted by Gasteiger charge is -2.28. The Hall–Kier alpha value is -1.84. The largest absolute Gasteiger partial charge is 0.296 e. The third kappa shape index (κ3) is 4.05. The lowest BCUT2D eigenvalue weighted by molar-refractivity contribution is 0.102. The summed E-state index contributed by atoms with van der Waals surface area (Å²) in [5.74, 6) is -0.0103. The van der Waals surface area contributed by atoms with Crippen LogP contribution in [-0.4, -0.2) is 41.9 Å². The van der Waals surface area contributed by atoms with Crippen LogP contribution in [0.1, 0.15) is 35.7 Å². The lowest BCUT2D eigenvalue weighted by atomic mass is 10.0. The minimum atomic E-state index is -3.65. The zero-order valence-corrected chi connectivity index (χ0v) is 15.7. The van der Waals surface area contributed by atoms with Crippen molar-refractivity contribution in [1.82, 2.24) is 14.5 Å². The molecule has 0 aliphatic carbocycles. The Labute approximate surface area is 151 Å². The van der Waals surface area contributed by atoms with Gasteiger partial charge in [0.2, 0.25) is 9.47 Å². The third-order valence-corrected chi connectivity index (χ3v) is 7.17. The van der Waals surface area contributed by atoms with Gasteiger partial charge in [-0.2, -0.15) is 4.31 Å². The molecule has 0 unspecified atom stereocenters. The highest BCUT2D eigenvalue weighted by Gasteiger charge is 2.31. The zero-order valence-electron chi connectivity index (χ0n) is 14.1. The molecule has 1 fully saturated rings. The molecule has 134 valence electrons. The number of piperidine rings is 1. The summed E-state index contributed by atoms with van der Waals surface area (Å²) in [5, 5.41) is 10.4. The minimum Gasteiger partial charge on any atom is -0.296 e. The molecule has 1 saturated heterocycles. The van der Waals surface area contributed by atoms with Gasteiger partial charge in [-0.1, -0.05) is 36.0 Å². The van der Waals surface area contributed by atoms with Gasteiger partial charge in [0.25, 0.3) is 15.9 Å². The van der Waals surface area contributed by atoms with E-state index in [0.29, 0.717) is 24.6 Å². The molecule has 2 aromatic rings. The quantitative estimate of drug-likeness (QED) is 0.823. The first-order valence-electron chi connectivity index (χ1n) is 8.08. The van der Waals surface area contributed by atoms with Gasteiger partial charge >= 0.3 is 0 Å². The monoisotopic (exact) mass is 380 g/mol. The molecule has 25 heavy (non-hydrogen) atoms. The molecule has 0 saturated carbocycles. The van der Waals surface area contributed by atoms with E-state index in [9.17, 15) is 13.2 Å².